The fraction of sp³-hybridized carbons (Fsp3) is 0.944. The highest BCUT2D eigenvalue weighted by Crippen LogP contribution is 2.26. The zero-order valence-corrected chi connectivity index (χ0v) is 17.1. The van der Waals surface area contributed by atoms with Crippen molar-refractivity contribution < 1.29 is 19.7 Å². The molecule has 0 saturated heterocycles. The van der Waals surface area contributed by atoms with Gasteiger partial charge in [-0.3, -0.25) is 9.69 Å². The lowest BCUT2D eigenvalue weighted by atomic mass is 9.84. The fourth-order valence-electron chi connectivity index (χ4n) is 2.10. The smallest absolute Gasteiger partial charge is 0.306 e. The van der Waals surface area contributed by atoms with Crippen LogP contribution < -0.4 is 0 Å². The van der Waals surface area contributed by atoms with E-state index >= 15 is 0 Å². The van der Waals surface area contributed by atoms with Gasteiger partial charge in [0.2, 0.25) is 0 Å². The van der Waals surface area contributed by atoms with E-state index in [0.717, 1.165) is 18.6 Å². The number of hydrogen-bond acceptors (Lipinski definition) is 6. The predicted octanol–water partition coefficient (Wildman–Crippen LogP) is 2.75. The molecule has 0 aliphatic rings. The molecule has 24 heavy (non-hydrogen) atoms. The average Bonchev–Trinajstić information content (AvgIpc) is 2.53. The molecule has 6 heteroatoms. The minimum atomic E-state index is -0.581. The van der Waals surface area contributed by atoms with Gasteiger partial charge >= 0.3 is 5.97 Å². The van der Waals surface area contributed by atoms with Crippen LogP contribution in [0.5, 0.6) is 0 Å². The molecule has 0 aliphatic carbocycles. The summed E-state index contributed by atoms with van der Waals surface area (Å²) in [5.74, 6) is 1.34. The van der Waals surface area contributed by atoms with Crippen molar-refractivity contribution >= 4 is 17.7 Å². The molecular weight excluding hydrogens is 326 g/mol. The number of aliphatic hydroxyl groups is 2. The minimum Gasteiger partial charge on any atom is -0.463 e. The van der Waals surface area contributed by atoms with Gasteiger partial charge in [-0.05, 0) is 38.1 Å². The summed E-state index contributed by atoms with van der Waals surface area (Å²) in [5.41, 5.74) is 0.218. The second kappa shape index (κ2) is 12.1. The third kappa shape index (κ3) is 11.3. The summed E-state index contributed by atoms with van der Waals surface area (Å²) in [5, 5.41) is 19.8. The largest absolute Gasteiger partial charge is 0.463 e. The second-order valence-electron chi connectivity index (χ2n) is 7.57. The number of carbonyl (C=O) groups excluding carboxylic acids is 1. The summed E-state index contributed by atoms with van der Waals surface area (Å²) in [4.78, 5) is 13.5. The van der Waals surface area contributed by atoms with E-state index in [9.17, 15) is 15.0 Å². The molecule has 5 nitrogen and oxygen atoms in total. The lowest BCUT2D eigenvalue weighted by Crippen LogP contribution is -2.34. The Labute approximate surface area is 152 Å². The maximum Gasteiger partial charge on any atom is 0.306 e. The van der Waals surface area contributed by atoms with Crippen LogP contribution in [-0.4, -0.2) is 65.6 Å². The highest BCUT2D eigenvalue weighted by atomic mass is 32.2. The Kier molecular flexibility index (Phi) is 12.0. The summed E-state index contributed by atoms with van der Waals surface area (Å²) in [6.45, 7) is 8.57. The van der Waals surface area contributed by atoms with Crippen molar-refractivity contribution in [3.8, 4) is 0 Å². The van der Waals surface area contributed by atoms with Gasteiger partial charge in [0, 0.05) is 11.7 Å². The first kappa shape index (κ1) is 23.7. The maximum atomic E-state index is 11.7. The predicted molar refractivity (Wildman–Crippen MR) is 101 cm³/mol. The number of thioether (sulfide) groups is 1. The van der Waals surface area contributed by atoms with Gasteiger partial charge in [-0.15, -0.1) is 0 Å². The maximum absolute atomic E-state index is 11.7. The molecule has 0 spiro atoms. The zero-order valence-electron chi connectivity index (χ0n) is 16.2. The average molecular weight is 364 g/mol. The van der Waals surface area contributed by atoms with Gasteiger partial charge < -0.3 is 14.9 Å². The molecular formula is C18H37NO4S. The lowest BCUT2D eigenvalue weighted by Gasteiger charge is -2.24. The number of nitrogens with zero attached hydrogens (tertiary/aromatic N) is 1. The van der Waals surface area contributed by atoms with Crippen molar-refractivity contribution in [2.45, 2.75) is 65.7 Å². The Morgan fingerprint density at radius 3 is 2.46 bits per heavy atom. The molecule has 3 unspecified atom stereocenters. The highest BCUT2D eigenvalue weighted by Gasteiger charge is 2.18. The van der Waals surface area contributed by atoms with Crippen LogP contribution in [0.4, 0.5) is 0 Å². The first-order valence-corrected chi connectivity index (χ1v) is 10.0. The number of carbonyl (C=O) groups is 1. The van der Waals surface area contributed by atoms with Crippen LogP contribution in [-0.2, 0) is 9.53 Å². The van der Waals surface area contributed by atoms with Crippen LogP contribution in [0, 0.1) is 11.3 Å². The van der Waals surface area contributed by atoms with Crippen molar-refractivity contribution in [3.63, 3.8) is 0 Å². The number of aliphatic hydroxyl groups excluding tert-OH is 2. The monoisotopic (exact) mass is 363 g/mol. The number of esters is 1. The topological polar surface area (TPSA) is 70.0 Å². The van der Waals surface area contributed by atoms with Gasteiger partial charge in [-0.2, -0.15) is 11.8 Å². The normalized spacial score (nSPS) is 16.0. The van der Waals surface area contributed by atoms with Gasteiger partial charge in [0.05, 0.1) is 12.5 Å². The molecule has 0 bridgehead atoms. The molecule has 0 fully saturated rings. The third-order valence-corrected chi connectivity index (χ3v) is 5.67. The minimum absolute atomic E-state index is 0.0824. The Hall–Kier alpha value is -0.300. The van der Waals surface area contributed by atoms with Crippen LogP contribution in [0.15, 0.2) is 0 Å². The third-order valence-electron chi connectivity index (χ3n) is 4.42. The molecule has 0 aromatic rings. The van der Waals surface area contributed by atoms with Crippen LogP contribution in [0.1, 0.15) is 53.4 Å². The SMILES string of the molecule is CCC(C)(C)CCC(O)COC(=O)CCSCC(C)C(O)N(C)C. The van der Waals surface area contributed by atoms with Gasteiger partial charge in [0.25, 0.3) is 0 Å². The van der Waals surface area contributed by atoms with E-state index in [1.165, 1.54) is 0 Å². The summed E-state index contributed by atoms with van der Waals surface area (Å²) >= 11 is 1.64. The van der Waals surface area contributed by atoms with Crippen molar-refractivity contribution in [1.29, 1.82) is 0 Å². The number of ether oxygens (including phenoxy) is 1. The highest BCUT2D eigenvalue weighted by molar-refractivity contribution is 7.99. The molecule has 0 aliphatic heterocycles. The molecule has 0 saturated carbocycles. The molecule has 0 aromatic carbocycles. The Morgan fingerprint density at radius 1 is 1.29 bits per heavy atom. The van der Waals surface area contributed by atoms with E-state index in [2.05, 4.69) is 20.8 Å². The van der Waals surface area contributed by atoms with Gasteiger partial charge in [-0.25, -0.2) is 0 Å². The first-order valence-electron chi connectivity index (χ1n) is 8.85. The van der Waals surface area contributed by atoms with Crippen molar-refractivity contribution in [2.75, 3.05) is 32.2 Å². The molecule has 3 atom stereocenters. The van der Waals surface area contributed by atoms with E-state index in [-0.39, 0.29) is 23.9 Å². The van der Waals surface area contributed by atoms with Gasteiger partial charge in [0.15, 0.2) is 0 Å². The van der Waals surface area contributed by atoms with Crippen molar-refractivity contribution in [1.82, 2.24) is 4.90 Å². The fourth-order valence-corrected chi connectivity index (χ4v) is 3.12. The Morgan fingerprint density at radius 2 is 1.92 bits per heavy atom. The molecule has 0 heterocycles. The van der Waals surface area contributed by atoms with Crippen LogP contribution >= 0.6 is 11.8 Å². The summed E-state index contributed by atoms with van der Waals surface area (Å²) in [7, 11) is 3.69. The van der Waals surface area contributed by atoms with E-state index < -0.39 is 12.3 Å². The molecule has 2 N–H and O–H groups in total. The summed E-state index contributed by atoms with van der Waals surface area (Å²) in [6.07, 6.45) is 1.93. The molecule has 0 amide bonds. The van der Waals surface area contributed by atoms with Crippen LogP contribution in [0.3, 0.4) is 0 Å². The number of hydrogen-bond donors (Lipinski definition) is 2. The van der Waals surface area contributed by atoms with Crippen molar-refractivity contribution in [3.05, 3.63) is 0 Å². The lowest BCUT2D eigenvalue weighted by molar-refractivity contribution is -0.146. The zero-order chi connectivity index (χ0) is 18.8. The molecule has 0 radical (unpaired) electrons. The van der Waals surface area contributed by atoms with E-state index in [0.29, 0.717) is 18.6 Å². The number of rotatable bonds is 13. The Bertz CT molecular complexity index is 350. The molecule has 0 rings (SSSR count). The van der Waals surface area contributed by atoms with Gasteiger partial charge in [0.1, 0.15) is 12.8 Å². The standard InChI is InChI=1S/C18H37NO4S/c1-7-18(3,4)10-8-15(20)12-23-16(21)9-11-24-13-14(2)17(22)19(5)6/h14-15,17,20,22H,7-13H2,1-6H3. The summed E-state index contributed by atoms with van der Waals surface area (Å²) in [6, 6.07) is 0. The van der Waals surface area contributed by atoms with Crippen molar-refractivity contribution in [2.24, 2.45) is 11.3 Å². The molecule has 0 aromatic heterocycles. The van der Waals surface area contributed by atoms with Crippen LogP contribution in [0.25, 0.3) is 0 Å². The van der Waals surface area contributed by atoms with E-state index in [1.807, 2.05) is 21.0 Å². The molecule has 144 valence electrons. The quantitative estimate of drug-likeness (QED) is 0.298. The van der Waals surface area contributed by atoms with Gasteiger partial charge in [-0.1, -0.05) is 34.1 Å². The van der Waals surface area contributed by atoms with E-state index in [1.54, 1.807) is 16.7 Å². The summed E-state index contributed by atoms with van der Waals surface area (Å²) < 4.78 is 5.14. The second-order valence-corrected chi connectivity index (χ2v) is 8.72. The Balaban J connectivity index is 3.76. The first-order chi connectivity index (χ1) is 11.1. The van der Waals surface area contributed by atoms with E-state index in [4.69, 9.17) is 4.74 Å². The van der Waals surface area contributed by atoms with Crippen LogP contribution in [0.2, 0.25) is 0 Å².